The Hall–Kier alpha value is -0.440. The highest BCUT2D eigenvalue weighted by atomic mass is 35.5. The van der Waals surface area contributed by atoms with Crippen molar-refractivity contribution >= 4 is 17.3 Å². The summed E-state index contributed by atoms with van der Waals surface area (Å²) in [5.41, 5.74) is 3.31. The molecule has 0 bridgehead atoms. The summed E-state index contributed by atoms with van der Waals surface area (Å²) in [7, 11) is 0. The zero-order valence-corrected chi connectivity index (χ0v) is 6.65. The van der Waals surface area contributed by atoms with Gasteiger partial charge >= 0.3 is 1.43 Å². The molecule has 0 spiro atoms. The largest absolute Gasteiger partial charge is 1.00 e. The van der Waals surface area contributed by atoms with Gasteiger partial charge in [-0.2, -0.15) is 0 Å². The van der Waals surface area contributed by atoms with Gasteiger partial charge in [-0.25, -0.2) is 0 Å². The molecule has 0 saturated heterocycles. The molecule has 1 aromatic rings. The second-order valence-corrected chi connectivity index (χ2v) is 2.09. The van der Waals surface area contributed by atoms with Gasteiger partial charge in [-0.05, 0) is 18.2 Å². The Labute approximate surface area is 72.2 Å². The molecule has 0 atom stereocenters. The Morgan fingerprint density at radius 1 is 1.50 bits per heavy atom. The lowest BCUT2D eigenvalue weighted by molar-refractivity contribution is -0.00000180. The molecule has 0 aliphatic rings. The van der Waals surface area contributed by atoms with E-state index in [-0.39, 0.29) is 13.8 Å². The smallest absolute Gasteiger partial charge is 1.00 e. The molecule has 3 N–H and O–H groups in total. The highest BCUT2D eigenvalue weighted by molar-refractivity contribution is 6.30. The molecule has 0 radical (unpaired) electrons. The van der Waals surface area contributed by atoms with E-state index in [0.29, 0.717) is 5.02 Å². The molecule has 56 valence electrons. The number of nitrogens with two attached hydrogens (primary N) is 1. The first kappa shape index (κ1) is 9.56. The van der Waals surface area contributed by atoms with Crippen molar-refractivity contribution in [2.45, 2.75) is 0 Å². The average Bonchev–Trinajstić information content (AvgIpc) is 1.88. The number of rotatable bonds is 1. The lowest BCUT2D eigenvalue weighted by Crippen LogP contribution is -3.00. The average molecular weight is 179 g/mol. The molecule has 0 aliphatic carbocycles. The van der Waals surface area contributed by atoms with Gasteiger partial charge in [0, 0.05) is 10.7 Å². The molecular formula is C6H8Cl2N2. The molecule has 1 aromatic carbocycles. The number of nitrogen functional groups attached to an aromatic ring is 1. The summed E-state index contributed by atoms with van der Waals surface area (Å²) in [5.74, 6) is 5.11. The fraction of sp³-hybridized carbons (Fsp3) is 0. The molecule has 0 aromatic heterocycles. The van der Waals surface area contributed by atoms with Crippen molar-refractivity contribution < 1.29 is 13.8 Å². The van der Waals surface area contributed by atoms with Crippen LogP contribution < -0.4 is 23.7 Å². The van der Waals surface area contributed by atoms with Gasteiger partial charge in [-0.1, -0.05) is 17.7 Å². The Kier molecular flexibility index (Phi) is 4.19. The minimum absolute atomic E-state index is 0. The van der Waals surface area contributed by atoms with E-state index in [1.807, 2.05) is 12.1 Å². The minimum Gasteiger partial charge on any atom is -1.00 e. The van der Waals surface area contributed by atoms with Crippen LogP contribution >= 0.6 is 11.6 Å². The van der Waals surface area contributed by atoms with Crippen LogP contribution in [-0.2, 0) is 0 Å². The van der Waals surface area contributed by atoms with Crippen molar-refractivity contribution in [3.05, 3.63) is 29.3 Å². The van der Waals surface area contributed by atoms with Gasteiger partial charge in [0.2, 0.25) is 0 Å². The first-order chi connectivity index (χ1) is 4.33. The second kappa shape index (κ2) is 4.39. The topological polar surface area (TPSA) is 38.0 Å². The second-order valence-electron chi connectivity index (χ2n) is 1.65. The van der Waals surface area contributed by atoms with Crippen molar-refractivity contribution in [1.29, 1.82) is 0 Å². The number of halogens is 2. The normalized spacial score (nSPS) is 8.20. The summed E-state index contributed by atoms with van der Waals surface area (Å²) in [4.78, 5) is 0. The predicted octanol–water partition coefficient (Wildman–Crippen LogP) is -1.26. The SMILES string of the molecule is NNc1cccc(Cl)c1.[Cl-].[H+]. The van der Waals surface area contributed by atoms with Crippen molar-refractivity contribution in [3.8, 4) is 0 Å². The van der Waals surface area contributed by atoms with E-state index in [1.54, 1.807) is 12.1 Å². The maximum absolute atomic E-state index is 5.63. The molecule has 0 saturated carbocycles. The number of hydrogen-bond donors (Lipinski definition) is 2. The zero-order valence-electron chi connectivity index (χ0n) is 6.14. The van der Waals surface area contributed by atoms with Crippen molar-refractivity contribution in [2.24, 2.45) is 5.84 Å². The van der Waals surface area contributed by atoms with E-state index in [1.165, 1.54) is 0 Å². The van der Waals surface area contributed by atoms with Crippen molar-refractivity contribution in [3.63, 3.8) is 0 Å². The van der Waals surface area contributed by atoms with E-state index < -0.39 is 0 Å². The van der Waals surface area contributed by atoms with Crippen LogP contribution in [0.25, 0.3) is 0 Å². The number of anilines is 1. The van der Waals surface area contributed by atoms with Gasteiger partial charge in [0.05, 0.1) is 0 Å². The van der Waals surface area contributed by atoms with Crippen LogP contribution in [0.15, 0.2) is 24.3 Å². The van der Waals surface area contributed by atoms with Gasteiger partial charge in [0.1, 0.15) is 0 Å². The van der Waals surface area contributed by atoms with Crippen molar-refractivity contribution in [2.75, 3.05) is 5.43 Å². The third-order valence-electron chi connectivity index (χ3n) is 0.991. The standard InChI is InChI=1S/C6H7ClN2.ClH/c7-5-2-1-3-6(4-5)9-8;/h1-4,9H,8H2;1H. The molecule has 0 fully saturated rings. The minimum atomic E-state index is 0. The van der Waals surface area contributed by atoms with E-state index in [2.05, 4.69) is 5.43 Å². The van der Waals surface area contributed by atoms with Gasteiger partial charge in [0.25, 0.3) is 0 Å². The first-order valence-electron chi connectivity index (χ1n) is 2.55. The number of hydrogen-bond acceptors (Lipinski definition) is 2. The molecular weight excluding hydrogens is 171 g/mol. The van der Waals surface area contributed by atoms with E-state index in [9.17, 15) is 0 Å². The van der Waals surface area contributed by atoms with Crippen LogP contribution in [0.3, 0.4) is 0 Å². The summed E-state index contributed by atoms with van der Waals surface area (Å²) < 4.78 is 0. The van der Waals surface area contributed by atoms with E-state index in [4.69, 9.17) is 17.4 Å². The van der Waals surface area contributed by atoms with Crippen LogP contribution in [0, 0.1) is 0 Å². The highest BCUT2D eigenvalue weighted by Crippen LogP contribution is 2.12. The summed E-state index contributed by atoms with van der Waals surface area (Å²) in [5, 5.41) is 0.686. The van der Waals surface area contributed by atoms with Crippen LogP contribution in [0.5, 0.6) is 0 Å². The van der Waals surface area contributed by atoms with Crippen LogP contribution in [-0.4, -0.2) is 0 Å². The lowest BCUT2D eigenvalue weighted by atomic mass is 10.3. The number of benzene rings is 1. The summed E-state index contributed by atoms with van der Waals surface area (Å²) in [6.45, 7) is 0. The molecule has 10 heavy (non-hydrogen) atoms. The van der Waals surface area contributed by atoms with Crippen molar-refractivity contribution in [1.82, 2.24) is 0 Å². The maximum Gasteiger partial charge on any atom is 1.00 e. The van der Waals surface area contributed by atoms with Crippen LogP contribution in [0.2, 0.25) is 5.02 Å². The molecule has 4 heteroatoms. The zero-order chi connectivity index (χ0) is 6.69. The summed E-state index contributed by atoms with van der Waals surface area (Å²) in [6.07, 6.45) is 0. The Morgan fingerprint density at radius 3 is 2.60 bits per heavy atom. The fourth-order valence-corrected chi connectivity index (χ4v) is 0.769. The molecule has 2 nitrogen and oxygen atoms in total. The third-order valence-corrected chi connectivity index (χ3v) is 1.23. The van der Waals surface area contributed by atoms with Crippen LogP contribution in [0.4, 0.5) is 5.69 Å². The van der Waals surface area contributed by atoms with Gasteiger partial charge in [0.15, 0.2) is 0 Å². The maximum atomic E-state index is 5.63. The molecule has 0 amide bonds. The Balaban J connectivity index is 0. The lowest BCUT2D eigenvalue weighted by Gasteiger charge is -1.96. The number of hydrazine groups is 1. The van der Waals surface area contributed by atoms with Gasteiger partial charge in [-0.15, -0.1) is 0 Å². The Bertz CT molecular complexity index is 208. The molecule has 0 heterocycles. The molecule has 0 unspecified atom stereocenters. The third kappa shape index (κ3) is 2.43. The Morgan fingerprint density at radius 2 is 2.20 bits per heavy atom. The van der Waals surface area contributed by atoms with Crippen LogP contribution in [0.1, 0.15) is 1.43 Å². The fourth-order valence-electron chi connectivity index (χ4n) is 0.578. The quantitative estimate of drug-likeness (QED) is 0.417. The highest BCUT2D eigenvalue weighted by Gasteiger charge is 1.87. The first-order valence-corrected chi connectivity index (χ1v) is 2.93. The van der Waals surface area contributed by atoms with E-state index in [0.717, 1.165) is 5.69 Å². The molecule has 0 aliphatic heterocycles. The number of nitrogens with one attached hydrogen (secondary N) is 1. The van der Waals surface area contributed by atoms with Gasteiger partial charge in [-0.3, -0.25) is 5.84 Å². The monoisotopic (exact) mass is 178 g/mol. The van der Waals surface area contributed by atoms with Gasteiger partial charge < -0.3 is 17.8 Å². The molecule has 1 rings (SSSR count). The summed E-state index contributed by atoms with van der Waals surface area (Å²) in [6, 6.07) is 7.22. The predicted molar refractivity (Wildman–Crippen MR) is 40.4 cm³/mol. The summed E-state index contributed by atoms with van der Waals surface area (Å²) >= 11 is 5.63. The van der Waals surface area contributed by atoms with E-state index >= 15 is 0 Å².